The van der Waals surface area contributed by atoms with Gasteiger partial charge in [-0.2, -0.15) is 10.5 Å². The van der Waals surface area contributed by atoms with Crippen LogP contribution in [0.3, 0.4) is 0 Å². The number of halogens is 1. The second kappa shape index (κ2) is 10.6. The molecule has 0 aliphatic rings. The number of imidazole rings is 1. The summed E-state index contributed by atoms with van der Waals surface area (Å²) >= 11 is 0. The van der Waals surface area contributed by atoms with Crippen molar-refractivity contribution >= 4 is 12.4 Å². The maximum absolute atomic E-state index is 9.71. The number of benzene rings is 3. The molecular weight excluding hydrogens is 432 g/mol. The van der Waals surface area contributed by atoms with Crippen LogP contribution in [0.5, 0.6) is 0 Å². The molecule has 1 atom stereocenters. The van der Waals surface area contributed by atoms with Crippen LogP contribution in [0.25, 0.3) is 11.1 Å². The van der Waals surface area contributed by atoms with Crippen LogP contribution in [0.2, 0.25) is 0 Å². The fourth-order valence-corrected chi connectivity index (χ4v) is 3.82. The molecule has 0 saturated heterocycles. The normalized spacial score (nSPS) is 11.2. The average Bonchev–Trinajstić information content (AvgIpc) is 3.25. The van der Waals surface area contributed by atoms with Crippen molar-refractivity contribution in [3.63, 3.8) is 0 Å². The van der Waals surface area contributed by atoms with Crippen LogP contribution in [0.15, 0.2) is 79.3 Å². The van der Waals surface area contributed by atoms with Gasteiger partial charge in [-0.05, 0) is 47.4 Å². The molecule has 0 fully saturated rings. The Morgan fingerprint density at radius 1 is 0.939 bits per heavy atom. The van der Waals surface area contributed by atoms with Crippen molar-refractivity contribution < 1.29 is 4.74 Å². The minimum Gasteiger partial charge on any atom is -0.362 e. The molecule has 0 N–H and O–H groups in total. The third-order valence-corrected chi connectivity index (χ3v) is 5.57. The highest BCUT2D eigenvalue weighted by molar-refractivity contribution is 5.85. The molecule has 1 unspecified atom stereocenters. The summed E-state index contributed by atoms with van der Waals surface area (Å²) in [5, 5.41) is 19.1. The van der Waals surface area contributed by atoms with Crippen molar-refractivity contribution in [1.29, 1.82) is 10.5 Å². The molecule has 5 nitrogen and oxygen atoms in total. The number of rotatable bonds is 6. The molecule has 0 aliphatic heterocycles. The number of hydrogen-bond donors (Lipinski definition) is 0. The summed E-state index contributed by atoms with van der Waals surface area (Å²) in [5.41, 5.74) is 6.83. The first-order valence-electron chi connectivity index (χ1n) is 10.3. The third kappa shape index (κ3) is 4.96. The van der Waals surface area contributed by atoms with Gasteiger partial charge < -0.3 is 9.30 Å². The SMILES string of the molecule is Cc1ccccc1-c1cc(C(OCc2ccccc2C#N)c2cncn2C)ccc1C#N.Cl. The minimum absolute atomic E-state index is 0. The predicted molar refractivity (Wildman–Crippen MR) is 130 cm³/mol. The lowest BCUT2D eigenvalue weighted by atomic mass is 9.93. The van der Waals surface area contributed by atoms with Gasteiger partial charge >= 0.3 is 0 Å². The monoisotopic (exact) mass is 454 g/mol. The highest BCUT2D eigenvalue weighted by Crippen LogP contribution is 2.33. The van der Waals surface area contributed by atoms with E-state index in [1.54, 1.807) is 18.6 Å². The van der Waals surface area contributed by atoms with Crippen molar-refractivity contribution in [2.45, 2.75) is 19.6 Å². The number of aromatic nitrogens is 2. The maximum atomic E-state index is 9.71. The fraction of sp³-hybridized carbons (Fsp3) is 0.148. The second-order valence-corrected chi connectivity index (χ2v) is 7.62. The van der Waals surface area contributed by atoms with E-state index in [4.69, 9.17) is 4.74 Å². The zero-order chi connectivity index (χ0) is 22.5. The Morgan fingerprint density at radius 2 is 1.67 bits per heavy atom. The minimum atomic E-state index is -0.412. The highest BCUT2D eigenvalue weighted by atomic mass is 35.5. The van der Waals surface area contributed by atoms with Gasteiger partial charge in [-0.1, -0.05) is 48.5 Å². The summed E-state index contributed by atoms with van der Waals surface area (Å²) in [6.07, 6.45) is 3.11. The first-order valence-corrected chi connectivity index (χ1v) is 10.3. The molecule has 4 aromatic rings. The highest BCUT2D eigenvalue weighted by Gasteiger charge is 2.21. The Bertz CT molecular complexity index is 1350. The Kier molecular flexibility index (Phi) is 7.64. The Labute approximate surface area is 199 Å². The van der Waals surface area contributed by atoms with E-state index >= 15 is 0 Å². The summed E-state index contributed by atoms with van der Waals surface area (Å²) < 4.78 is 8.30. The molecule has 0 saturated carbocycles. The van der Waals surface area contributed by atoms with E-state index in [0.717, 1.165) is 33.5 Å². The van der Waals surface area contributed by atoms with Crippen LogP contribution in [-0.2, 0) is 18.4 Å². The van der Waals surface area contributed by atoms with Crippen LogP contribution >= 0.6 is 12.4 Å². The van der Waals surface area contributed by atoms with Crippen LogP contribution < -0.4 is 0 Å². The first kappa shape index (κ1) is 23.8. The molecule has 1 aromatic heterocycles. The van der Waals surface area contributed by atoms with E-state index in [-0.39, 0.29) is 19.0 Å². The summed E-state index contributed by atoms with van der Waals surface area (Å²) in [5.74, 6) is 0. The summed E-state index contributed by atoms with van der Waals surface area (Å²) in [6, 6.07) is 25.8. The zero-order valence-corrected chi connectivity index (χ0v) is 19.2. The van der Waals surface area contributed by atoms with E-state index in [0.29, 0.717) is 11.1 Å². The molecule has 0 spiro atoms. The van der Waals surface area contributed by atoms with Crippen molar-refractivity contribution in [3.8, 4) is 23.3 Å². The Morgan fingerprint density at radius 3 is 2.36 bits per heavy atom. The molecule has 4 rings (SSSR count). The van der Waals surface area contributed by atoms with Crippen LogP contribution in [0, 0.1) is 29.6 Å². The standard InChI is InChI=1S/C27H22N4O.ClH/c1-19-7-3-6-10-24(19)25-13-20(11-12-22(25)15-29)27(26-16-30-18-31(26)2)32-17-23-9-5-4-8-21(23)14-28;/h3-13,16,18,27H,17H2,1-2H3;1H. The van der Waals surface area contributed by atoms with Crippen LogP contribution in [0.1, 0.15) is 39.6 Å². The number of ether oxygens (including phenoxy) is 1. The number of aryl methyl sites for hydroxylation is 2. The molecule has 33 heavy (non-hydrogen) atoms. The van der Waals surface area contributed by atoms with Crippen LogP contribution in [-0.4, -0.2) is 9.55 Å². The summed E-state index contributed by atoms with van der Waals surface area (Å²) in [4.78, 5) is 4.26. The van der Waals surface area contributed by atoms with Gasteiger partial charge in [0.2, 0.25) is 0 Å². The average molecular weight is 455 g/mol. The smallest absolute Gasteiger partial charge is 0.124 e. The lowest BCUT2D eigenvalue weighted by molar-refractivity contribution is 0.0621. The van der Waals surface area contributed by atoms with E-state index in [1.807, 2.05) is 79.2 Å². The summed E-state index contributed by atoms with van der Waals surface area (Å²) in [6.45, 7) is 2.32. The number of nitrogens with zero attached hydrogens (tertiary/aromatic N) is 4. The largest absolute Gasteiger partial charge is 0.362 e. The van der Waals surface area contributed by atoms with E-state index in [9.17, 15) is 10.5 Å². The molecule has 0 radical (unpaired) electrons. The fourth-order valence-electron chi connectivity index (χ4n) is 3.82. The number of nitriles is 2. The van der Waals surface area contributed by atoms with Crippen molar-refractivity contribution in [3.05, 3.63) is 113 Å². The first-order chi connectivity index (χ1) is 15.6. The molecule has 6 heteroatoms. The van der Waals surface area contributed by atoms with Gasteiger partial charge in [0.25, 0.3) is 0 Å². The second-order valence-electron chi connectivity index (χ2n) is 7.62. The van der Waals surface area contributed by atoms with Gasteiger partial charge in [-0.25, -0.2) is 4.98 Å². The number of hydrogen-bond acceptors (Lipinski definition) is 4. The predicted octanol–water partition coefficient (Wildman–Crippen LogP) is 5.87. The molecule has 1 heterocycles. The summed E-state index contributed by atoms with van der Waals surface area (Å²) in [7, 11) is 1.92. The molecule has 164 valence electrons. The van der Waals surface area contributed by atoms with E-state index in [2.05, 4.69) is 17.1 Å². The van der Waals surface area contributed by atoms with Crippen molar-refractivity contribution in [2.75, 3.05) is 0 Å². The maximum Gasteiger partial charge on any atom is 0.124 e. The molecular formula is C27H23ClN4O. The van der Waals surface area contributed by atoms with Gasteiger partial charge in [-0.15, -0.1) is 12.4 Å². The molecule has 0 aliphatic carbocycles. The van der Waals surface area contributed by atoms with Gasteiger partial charge in [0.1, 0.15) is 6.10 Å². The molecule has 3 aromatic carbocycles. The molecule has 0 bridgehead atoms. The quantitative estimate of drug-likeness (QED) is 0.365. The Balaban J connectivity index is 0.00000306. The Hall–Kier alpha value is -3.90. The third-order valence-electron chi connectivity index (χ3n) is 5.57. The molecule has 0 amide bonds. The van der Waals surface area contributed by atoms with Gasteiger partial charge in [0.15, 0.2) is 0 Å². The zero-order valence-electron chi connectivity index (χ0n) is 18.4. The van der Waals surface area contributed by atoms with Gasteiger partial charge in [0.05, 0.1) is 48.1 Å². The van der Waals surface area contributed by atoms with E-state index in [1.165, 1.54) is 0 Å². The van der Waals surface area contributed by atoms with Crippen molar-refractivity contribution in [2.24, 2.45) is 7.05 Å². The van der Waals surface area contributed by atoms with Crippen LogP contribution in [0.4, 0.5) is 0 Å². The lowest BCUT2D eigenvalue weighted by Gasteiger charge is -2.21. The van der Waals surface area contributed by atoms with Gasteiger partial charge in [0, 0.05) is 12.6 Å². The van der Waals surface area contributed by atoms with Gasteiger partial charge in [-0.3, -0.25) is 0 Å². The van der Waals surface area contributed by atoms with E-state index < -0.39 is 6.10 Å². The van der Waals surface area contributed by atoms with Crippen molar-refractivity contribution in [1.82, 2.24) is 9.55 Å². The lowest BCUT2D eigenvalue weighted by Crippen LogP contribution is -2.11. The topological polar surface area (TPSA) is 74.6 Å².